The summed E-state index contributed by atoms with van der Waals surface area (Å²) in [7, 11) is 0. The Bertz CT molecular complexity index is 1750. The average molecular weight is 513 g/mol. The van der Waals surface area contributed by atoms with Gasteiger partial charge in [0.25, 0.3) is 0 Å². The summed E-state index contributed by atoms with van der Waals surface area (Å²) in [5.41, 5.74) is 4.23. The van der Waals surface area contributed by atoms with Crippen molar-refractivity contribution in [1.29, 1.82) is 0 Å². The number of nitrogens with one attached hydrogen (secondary N) is 2. The molecular formula is C27H24N6O5. The van der Waals surface area contributed by atoms with E-state index in [1.165, 1.54) is 15.3 Å². The van der Waals surface area contributed by atoms with Gasteiger partial charge in [0.1, 0.15) is 18.9 Å². The van der Waals surface area contributed by atoms with Gasteiger partial charge in [-0.25, -0.2) is 9.78 Å². The maximum atomic E-state index is 13.1. The lowest BCUT2D eigenvalue weighted by molar-refractivity contribution is -0.137. The molecule has 1 aromatic carbocycles. The summed E-state index contributed by atoms with van der Waals surface area (Å²) in [5, 5.41) is 15.0. The number of carbonyl (C=O) groups is 3. The second-order valence-electron chi connectivity index (χ2n) is 9.97. The van der Waals surface area contributed by atoms with E-state index in [2.05, 4.69) is 20.6 Å². The summed E-state index contributed by atoms with van der Waals surface area (Å²) in [5.74, 6) is -1.15. The van der Waals surface area contributed by atoms with Crippen molar-refractivity contribution in [2.75, 3.05) is 10.6 Å². The van der Waals surface area contributed by atoms with Gasteiger partial charge >= 0.3 is 11.7 Å². The Morgan fingerprint density at radius 2 is 1.92 bits per heavy atom. The van der Waals surface area contributed by atoms with Gasteiger partial charge in [0.05, 0.1) is 28.3 Å². The number of carboxylic acids is 1. The van der Waals surface area contributed by atoms with Crippen LogP contribution in [0.15, 0.2) is 47.5 Å². The van der Waals surface area contributed by atoms with Crippen molar-refractivity contribution >= 4 is 40.3 Å². The lowest BCUT2D eigenvalue weighted by Crippen LogP contribution is -2.35. The number of carboxylic acid groups (broad SMARTS) is 1. The molecule has 2 aliphatic rings. The third kappa shape index (κ3) is 3.58. The molecule has 1 aliphatic carbocycles. The van der Waals surface area contributed by atoms with Gasteiger partial charge in [-0.2, -0.15) is 0 Å². The normalized spacial score (nSPS) is 17.5. The highest BCUT2D eigenvalue weighted by molar-refractivity contribution is 6.06. The summed E-state index contributed by atoms with van der Waals surface area (Å²) >= 11 is 0. The van der Waals surface area contributed by atoms with Crippen LogP contribution < -0.4 is 16.3 Å². The zero-order valence-corrected chi connectivity index (χ0v) is 20.7. The number of benzene rings is 1. The largest absolute Gasteiger partial charge is 0.480 e. The number of anilines is 2. The van der Waals surface area contributed by atoms with Gasteiger partial charge in [-0.15, -0.1) is 0 Å². The number of fused-ring (bicyclic) bond motifs is 4. The minimum Gasteiger partial charge on any atom is -0.480 e. The van der Waals surface area contributed by atoms with Crippen molar-refractivity contribution in [3.63, 3.8) is 0 Å². The standard InChI is InChI=1S/C27H24N6O5/c1-14-6-15(2)23-20(7-14)32(26(38)33(23)13-22(35)36)12-21(34)30-17-8-16-9-27(10-19(16)29-11-17)18-4-3-5-28-24(18)31-25(27)37/h3-8,11H,9-10,12-13H2,1-2H3,(H,30,34)(H,35,36)(H,28,31,37). The van der Waals surface area contributed by atoms with Crippen molar-refractivity contribution in [2.45, 2.75) is 45.2 Å². The van der Waals surface area contributed by atoms with E-state index in [1.54, 1.807) is 31.3 Å². The van der Waals surface area contributed by atoms with E-state index in [-0.39, 0.29) is 12.5 Å². The first kappa shape index (κ1) is 23.6. The van der Waals surface area contributed by atoms with Crippen LogP contribution in [0.5, 0.6) is 0 Å². The predicted molar refractivity (Wildman–Crippen MR) is 138 cm³/mol. The molecule has 1 atom stereocenters. The molecule has 11 heteroatoms. The molecular weight excluding hydrogens is 488 g/mol. The molecule has 0 radical (unpaired) electrons. The summed E-state index contributed by atoms with van der Waals surface area (Å²) in [6.07, 6.45) is 4.05. The minimum atomic E-state index is -1.15. The molecule has 0 saturated carbocycles. The van der Waals surface area contributed by atoms with Gasteiger partial charge in [-0.1, -0.05) is 12.1 Å². The number of imidazole rings is 1. The molecule has 1 unspecified atom stereocenters. The highest BCUT2D eigenvalue weighted by Gasteiger charge is 2.51. The van der Waals surface area contributed by atoms with Crippen molar-refractivity contribution in [1.82, 2.24) is 19.1 Å². The lowest BCUT2D eigenvalue weighted by atomic mass is 9.80. The van der Waals surface area contributed by atoms with Crippen molar-refractivity contribution in [2.24, 2.45) is 0 Å². The van der Waals surface area contributed by atoms with E-state index in [0.717, 1.165) is 27.9 Å². The lowest BCUT2D eigenvalue weighted by Gasteiger charge is -2.19. The molecule has 2 amide bonds. The van der Waals surface area contributed by atoms with E-state index in [4.69, 9.17) is 0 Å². The van der Waals surface area contributed by atoms with Gasteiger partial charge in [0.15, 0.2) is 0 Å². The SMILES string of the molecule is Cc1cc(C)c2c(c1)n(CC(=O)Nc1cnc3c(c1)CC1(C3)C(=O)Nc3ncccc31)c(=O)n2CC(=O)O. The quantitative estimate of drug-likeness (QED) is 0.370. The first-order valence-corrected chi connectivity index (χ1v) is 12.1. The Morgan fingerprint density at radius 3 is 2.71 bits per heavy atom. The van der Waals surface area contributed by atoms with E-state index in [0.29, 0.717) is 35.4 Å². The summed E-state index contributed by atoms with van der Waals surface area (Å²) in [4.78, 5) is 59.3. The molecule has 3 aromatic heterocycles. The smallest absolute Gasteiger partial charge is 0.330 e. The monoisotopic (exact) mass is 512 g/mol. The fourth-order valence-electron chi connectivity index (χ4n) is 5.80. The molecule has 1 spiro atoms. The second kappa shape index (κ2) is 8.37. The molecule has 192 valence electrons. The highest BCUT2D eigenvalue weighted by atomic mass is 16.4. The molecule has 0 fully saturated rings. The number of amides is 2. The van der Waals surface area contributed by atoms with Crippen molar-refractivity contribution in [3.05, 3.63) is 81.2 Å². The number of pyridine rings is 2. The molecule has 4 heterocycles. The Labute approximate surface area is 216 Å². The molecule has 4 aromatic rings. The number of rotatable bonds is 5. The van der Waals surface area contributed by atoms with Gasteiger partial charge in [-0.3, -0.25) is 28.5 Å². The summed E-state index contributed by atoms with van der Waals surface area (Å²) in [6.45, 7) is 2.88. The molecule has 0 bridgehead atoms. The molecule has 1 aliphatic heterocycles. The zero-order valence-electron chi connectivity index (χ0n) is 20.7. The maximum Gasteiger partial charge on any atom is 0.330 e. The number of hydrogen-bond donors (Lipinski definition) is 3. The predicted octanol–water partition coefficient (Wildman–Crippen LogP) is 1.92. The fourth-order valence-corrected chi connectivity index (χ4v) is 5.80. The van der Waals surface area contributed by atoms with Crippen LogP contribution in [0.4, 0.5) is 11.5 Å². The van der Waals surface area contributed by atoms with E-state index < -0.39 is 29.5 Å². The van der Waals surface area contributed by atoms with Crippen LogP contribution in [0.3, 0.4) is 0 Å². The van der Waals surface area contributed by atoms with Crippen LogP contribution in [0.2, 0.25) is 0 Å². The number of aryl methyl sites for hydroxylation is 2. The Morgan fingerprint density at radius 1 is 1.11 bits per heavy atom. The fraction of sp³-hybridized carbons (Fsp3) is 0.259. The highest BCUT2D eigenvalue weighted by Crippen LogP contribution is 2.46. The Hall–Kier alpha value is -4.80. The summed E-state index contributed by atoms with van der Waals surface area (Å²) < 4.78 is 2.46. The van der Waals surface area contributed by atoms with Crippen LogP contribution >= 0.6 is 0 Å². The van der Waals surface area contributed by atoms with Crippen LogP contribution in [-0.4, -0.2) is 42.0 Å². The van der Waals surface area contributed by atoms with Gasteiger partial charge in [-0.05, 0) is 55.2 Å². The average Bonchev–Trinajstić information content (AvgIpc) is 3.45. The number of nitrogens with zero attached hydrogens (tertiary/aromatic N) is 4. The topological polar surface area (TPSA) is 148 Å². The first-order chi connectivity index (χ1) is 18.2. The maximum absolute atomic E-state index is 13.1. The number of aromatic nitrogens is 4. The second-order valence-corrected chi connectivity index (χ2v) is 9.97. The number of carbonyl (C=O) groups excluding carboxylic acids is 2. The van der Waals surface area contributed by atoms with E-state index in [9.17, 15) is 24.3 Å². The summed E-state index contributed by atoms with van der Waals surface area (Å²) in [6, 6.07) is 9.15. The Balaban J connectivity index is 1.27. The molecule has 3 N–H and O–H groups in total. The number of hydrogen-bond acceptors (Lipinski definition) is 6. The van der Waals surface area contributed by atoms with Crippen LogP contribution in [0.25, 0.3) is 11.0 Å². The first-order valence-electron chi connectivity index (χ1n) is 12.1. The van der Waals surface area contributed by atoms with Crippen molar-refractivity contribution in [3.8, 4) is 0 Å². The van der Waals surface area contributed by atoms with Crippen LogP contribution in [-0.2, 0) is 45.7 Å². The van der Waals surface area contributed by atoms with Gasteiger partial charge in [0.2, 0.25) is 11.8 Å². The van der Waals surface area contributed by atoms with E-state index in [1.807, 2.05) is 19.1 Å². The van der Waals surface area contributed by atoms with Crippen molar-refractivity contribution < 1.29 is 19.5 Å². The third-order valence-corrected chi connectivity index (χ3v) is 7.34. The third-order valence-electron chi connectivity index (χ3n) is 7.34. The van der Waals surface area contributed by atoms with E-state index >= 15 is 0 Å². The molecule has 6 rings (SSSR count). The zero-order chi connectivity index (χ0) is 26.8. The Kier molecular flexibility index (Phi) is 5.20. The van der Waals surface area contributed by atoms with Crippen LogP contribution in [0, 0.1) is 13.8 Å². The molecule has 11 nitrogen and oxygen atoms in total. The van der Waals surface area contributed by atoms with Gasteiger partial charge in [0, 0.05) is 23.9 Å². The van der Waals surface area contributed by atoms with Gasteiger partial charge < -0.3 is 15.7 Å². The molecule has 0 saturated heterocycles. The molecule has 38 heavy (non-hydrogen) atoms. The van der Waals surface area contributed by atoms with Crippen LogP contribution in [0.1, 0.15) is 27.9 Å². The number of aliphatic carboxylic acids is 1. The minimum absolute atomic E-state index is 0.113.